The number of ether oxygens (including phenoxy) is 1. The molecule has 2 fully saturated rings. The number of aryl methyl sites for hydroxylation is 1. The van der Waals surface area contributed by atoms with E-state index in [0.717, 1.165) is 43.1 Å². The molecule has 0 bridgehead atoms. The lowest BCUT2D eigenvalue weighted by Gasteiger charge is -2.41. The van der Waals surface area contributed by atoms with Crippen LogP contribution in [0.5, 0.6) is 5.75 Å². The van der Waals surface area contributed by atoms with E-state index in [1.807, 2.05) is 30.0 Å². The number of fused-ring (bicyclic) bond motifs is 2. The molecule has 7 rings (SSSR count). The minimum atomic E-state index is -0.395. The van der Waals surface area contributed by atoms with Gasteiger partial charge in [-0.25, -0.2) is 4.79 Å². The van der Waals surface area contributed by atoms with Gasteiger partial charge in [0.2, 0.25) is 5.91 Å². The van der Waals surface area contributed by atoms with E-state index in [1.54, 1.807) is 11.8 Å². The van der Waals surface area contributed by atoms with Crippen molar-refractivity contribution in [3.05, 3.63) is 59.3 Å². The Morgan fingerprint density at radius 2 is 1.73 bits per heavy atom. The van der Waals surface area contributed by atoms with E-state index < -0.39 is 6.09 Å². The van der Waals surface area contributed by atoms with Gasteiger partial charge in [-0.15, -0.1) is 0 Å². The summed E-state index contributed by atoms with van der Waals surface area (Å²) in [5, 5.41) is 7.60. The summed E-state index contributed by atoms with van der Waals surface area (Å²) < 4.78 is 6.09. The van der Waals surface area contributed by atoms with Gasteiger partial charge in [-0.05, 0) is 106 Å². The smallest absolute Gasteiger partial charge is 0.410 e. The summed E-state index contributed by atoms with van der Waals surface area (Å²) >= 11 is 0. The molecule has 1 unspecified atom stereocenters. The van der Waals surface area contributed by atoms with Crippen LogP contribution in [-0.2, 0) is 11.2 Å². The second-order valence-corrected chi connectivity index (χ2v) is 14.5. The summed E-state index contributed by atoms with van der Waals surface area (Å²) in [6.07, 6.45) is 19.4. The number of carbonyl (C=O) groups is 2. The van der Waals surface area contributed by atoms with Crippen LogP contribution in [0.2, 0.25) is 0 Å². The van der Waals surface area contributed by atoms with Gasteiger partial charge in [-0.2, -0.15) is 0 Å². The Kier molecular flexibility index (Phi) is 8.54. The summed E-state index contributed by atoms with van der Waals surface area (Å²) in [6, 6.07) is 12.2. The molecule has 2 N–H and O–H groups in total. The third-order valence-corrected chi connectivity index (χ3v) is 11.0. The molecule has 0 saturated heterocycles. The van der Waals surface area contributed by atoms with Gasteiger partial charge >= 0.3 is 6.09 Å². The lowest BCUT2D eigenvalue weighted by Crippen LogP contribution is -2.52. The lowest BCUT2D eigenvalue weighted by molar-refractivity contribution is -0.117. The highest BCUT2D eigenvalue weighted by Gasteiger charge is 2.37. The van der Waals surface area contributed by atoms with Crippen LogP contribution in [0.1, 0.15) is 114 Å². The van der Waals surface area contributed by atoms with Gasteiger partial charge in [-0.3, -0.25) is 9.69 Å². The molecule has 2 atom stereocenters. The molecule has 7 heteroatoms. The molecule has 240 valence electrons. The van der Waals surface area contributed by atoms with Gasteiger partial charge in [0, 0.05) is 42.9 Å². The summed E-state index contributed by atoms with van der Waals surface area (Å²) in [4.78, 5) is 30.1. The molecular weight excluding hydrogens is 560 g/mol. The van der Waals surface area contributed by atoms with E-state index in [0.29, 0.717) is 18.2 Å². The molecule has 0 radical (unpaired) electrons. The number of nitrogens with one attached hydrogen (secondary N) is 2. The number of benzene rings is 2. The number of nitrogens with zero attached hydrogens (tertiary/aromatic N) is 2. The fourth-order valence-electron chi connectivity index (χ4n) is 8.26. The summed E-state index contributed by atoms with van der Waals surface area (Å²) in [6.45, 7) is 4.87. The zero-order valence-electron chi connectivity index (χ0n) is 27.2. The van der Waals surface area contributed by atoms with E-state index in [9.17, 15) is 9.59 Å². The van der Waals surface area contributed by atoms with Crippen LogP contribution in [0.3, 0.4) is 0 Å². The highest BCUT2D eigenvalue weighted by molar-refractivity contribution is 6.02. The molecule has 1 spiro atoms. The predicted octanol–water partition coefficient (Wildman–Crippen LogP) is 8.44. The SMILES string of the molecule is CC(=O)N1c2ccc(C3CC=C(CC4CC4)NC3)cc2N(C(=O)Oc2ccc3c(c2)CCC2(CCCCCCCC2)N3)C[C@@H]1C. The Morgan fingerprint density at radius 3 is 2.44 bits per heavy atom. The summed E-state index contributed by atoms with van der Waals surface area (Å²) in [5.74, 6) is 1.74. The second-order valence-electron chi connectivity index (χ2n) is 14.5. The van der Waals surface area contributed by atoms with Crippen LogP contribution < -0.4 is 25.2 Å². The van der Waals surface area contributed by atoms with E-state index in [-0.39, 0.29) is 17.5 Å². The van der Waals surface area contributed by atoms with E-state index in [2.05, 4.69) is 34.9 Å². The monoisotopic (exact) mass is 610 g/mol. The molecule has 2 saturated carbocycles. The minimum Gasteiger partial charge on any atom is -0.410 e. The molecule has 2 aliphatic carbocycles. The van der Waals surface area contributed by atoms with Crippen LogP contribution in [-0.4, -0.2) is 36.7 Å². The largest absolute Gasteiger partial charge is 0.419 e. The summed E-state index contributed by atoms with van der Waals surface area (Å²) in [5.41, 5.74) is 6.69. The van der Waals surface area contributed by atoms with Crippen LogP contribution in [0.4, 0.5) is 21.9 Å². The first kappa shape index (κ1) is 30.2. The van der Waals surface area contributed by atoms with Crippen molar-refractivity contribution in [2.24, 2.45) is 5.92 Å². The maximum Gasteiger partial charge on any atom is 0.419 e. The standard InChI is InChI=1S/C38H50N4O3/c1-26-25-41(36-23-29(12-16-35(36)42(26)27(2)43)31-11-13-32(39-24-31)21-28-9-10-28)37(44)45-33-14-15-34-30(22-33)17-20-38(40-34)18-7-5-3-4-6-8-19-38/h12-16,22-23,26,28,31,39-40H,3-11,17-21,24-25H2,1-2H3/t26-,31?/m0/s1. The molecule has 45 heavy (non-hydrogen) atoms. The maximum atomic E-state index is 13.9. The number of hydrogen-bond donors (Lipinski definition) is 2. The van der Waals surface area contributed by atoms with Crippen molar-refractivity contribution >= 4 is 29.1 Å². The minimum absolute atomic E-state index is 0.0172. The fraction of sp³-hybridized carbons (Fsp3) is 0.579. The first-order valence-electron chi connectivity index (χ1n) is 17.6. The highest BCUT2D eigenvalue weighted by atomic mass is 16.6. The molecule has 2 aromatic carbocycles. The Labute approximate surface area is 268 Å². The van der Waals surface area contributed by atoms with Gasteiger partial charge in [0.05, 0.1) is 17.4 Å². The van der Waals surface area contributed by atoms with Gasteiger partial charge in [0.15, 0.2) is 0 Å². The van der Waals surface area contributed by atoms with Crippen molar-refractivity contribution < 1.29 is 14.3 Å². The molecule has 3 aliphatic heterocycles. The fourth-order valence-corrected chi connectivity index (χ4v) is 8.26. The van der Waals surface area contributed by atoms with Gasteiger partial charge in [0.1, 0.15) is 5.75 Å². The van der Waals surface area contributed by atoms with Crippen LogP contribution in [0.25, 0.3) is 0 Å². The van der Waals surface area contributed by atoms with Crippen LogP contribution >= 0.6 is 0 Å². The molecule has 2 aromatic rings. The van der Waals surface area contributed by atoms with Crippen molar-refractivity contribution in [1.29, 1.82) is 0 Å². The molecule has 0 aromatic heterocycles. The number of hydrogen-bond acceptors (Lipinski definition) is 5. The van der Waals surface area contributed by atoms with Crippen molar-refractivity contribution in [1.82, 2.24) is 5.32 Å². The third kappa shape index (κ3) is 6.59. The quantitative estimate of drug-likeness (QED) is 0.363. The summed E-state index contributed by atoms with van der Waals surface area (Å²) in [7, 11) is 0. The van der Waals surface area contributed by atoms with Crippen molar-refractivity contribution in [3.8, 4) is 5.75 Å². The molecule has 2 amide bonds. The Bertz CT molecular complexity index is 1450. The Morgan fingerprint density at radius 1 is 0.956 bits per heavy atom. The highest BCUT2D eigenvalue weighted by Crippen LogP contribution is 2.42. The van der Waals surface area contributed by atoms with E-state index in [1.165, 1.54) is 93.1 Å². The normalized spacial score (nSPS) is 24.5. The average molecular weight is 611 g/mol. The Hall–Kier alpha value is -3.48. The number of amides is 2. The third-order valence-electron chi connectivity index (χ3n) is 11.0. The number of carbonyl (C=O) groups excluding carboxylic acids is 2. The van der Waals surface area contributed by atoms with Crippen LogP contribution in [0, 0.1) is 5.92 Å². The van der Waals surface area contributed by atoms with Gasteiger partial charge < -0.3 is 20.3 Å². The Balaban J connectivity index is 1.09. The van der Waals surface area contributed by atoms with Gasteiger partial charge in [-0.1, -0.05) is 50.7 Å². The predicted molar refractivity (Wildman–Crippen MR) is 181 cm³/mol. The number of allylic oxidation sites excluding steroid dienone is 2. The van der Waals surface area contributed by atoms with E-state index >= 15 is 0 Å². The second kappa shape index (κ2) is 12.7. The van der Waals surface area contributed by atoms with Crippen molar-refractivity contribution in [3.63, 3.8) is 0 Å². The average Bonchev–Trinajstić information content (AvgIpc) is 3.84. The zero-order valence-corrected chi connectivity index (χ0v) is 27.2. The molecule has 5 aliphatic rings. The van der Waals surface area contributed by atoms with Crippen LogP contribution in [0.15, 0.2) is 48.2 Å². The first-order valence-corrected chi connectivity index (χ1v) is 17.6. The topological polar surface area (TPSA) is 73.9 Å². The first-order chi connectivity index (χ1) is 21.9. The van der Waals surface area contributed by atoms with Crippen molar-refractivity contribution in [2.75, 3.05) is 28.2 Å². The molecule has 3 heterocycles. The van der Waals surface area contributed by atoms with Crippen molar-refractivity contribution in [2.45, 2.75) is 121 Å². The molecular formula is C38H50N4O3. The number of anilines is 3. The van der Waals surface area contributed by atoms with Gasteiger partial charge in [0.25, 0.3) is 0 Å². The lowest BCUT2D eigenvalue weighted by atomic mass is 9.79. The zero-order chi connectivity index (χ0) is 31.0. The maximum absolute atomic E-state index is 13.9. The molecule has 7 nitrogen and oxygen atoms in total. The number of rotatable bonds is 4. The van der Waals surface area contributed by atoms with E-state index in [4.69, 9.17) is 4.74 Å².